The molecule has 9 nitrogen and oxygen atoms in total. The first-order valence-electron chi connectivity index (χ1n) is 12.3. The lowest BCUT2D eigenvalue weighted by Gasteiger charge is -2.17. The maximum atomic E-state index is 11.9. The lowest BCUT2D eigenvalue weighted by molar-refractivity contribution is -0.160. The van der Waals surface area contributed by atoms with Crippen molar-refractivity contribution in [2.24, 2.45) is 0 Å². The van der Waals surface area contributed by atoms with Gasteiger partial charge < -0.3 is 24.0 Å². The highest BCUT2D eigenvalue weighted by Crippen LogP contribution is 2.36. The first-order valence-corrected chi connectivity index (χ1v) is 13.9. The lowest BCUT2D eigenvalue weighted by Crippen LogP contribution is -2.29. The van der Waals surface area contributed by atoms with E-state index in [1.54, 1.807) is 0 Å². The van der Waals surface area contributed by atoms with Crippen LogP contribution < -0.4 is 0 Å². The summed E-state index contributed by atoms with van der Waals surface area (Å²) in [6.07, 6.45) is 21.4. The molecule has 0 bridgehead atoms. The van der Waals surface area contributed by atoms with Gasteiger partial charge >= 0.3 is 19.8 Å². The highest BCUT2D eigenvalue weighted by Gasteiger charge is 2.36. The molecule has 1 fully saturated rings. The Morgan fingerprint density at radius 1 is 0.971 bits per heavy atom. The predicted octanol–water partition coefficient (Wildman–Crippen LogP) is 4.93. The largest absolute Gasteiger partial charge is 0.469 e. The SMILES string of the molecule is CCCCCC1OC1C/C=C\C/C=C\C/C=C\CCCC(=O)O[C@H](COC(C)=O)COP(=O)(O)O. The quantitative estimate of drug-likeness (QED) is 0.0760. The molecule has 0 spiro atoms. The first-order chi connectivity index (χ1) is 16.7. The van der Waals surface area contributed by atoms with Crippen molar-refractivity contribution in [3.05, 3.63) is 36.5 Å². The van der Waals surface area contributed by atoms with Gasteiger partial charge in [-0.25, -0.2) is 4.57 Å². The fourth-order valence-electron chi connectivity index (χ4n) is 3.24. The van der Waals surface area contributed by atoms with E-state index < -0.39 is 32.5 Å². The standard InChI is InChI=1S/C25H41O9P/c1-3-4-13-16-23-24(34-23)17-14-11-9-7-5-6-8-10-12-15-18-25(27)33-22(19-31-21(2)26)20-32-35(28,29)30/h5,7-8,10-11,14,22-24H,3-4,6,9,12-13,15-20H2,1-2H3,(H2,28,29,30)/b7-5-,10-8-,14-11-/t22-,23?,24?/m1/s1. The number of epoxide rings is 1. The van der Waals surface area contributed by atoms with Gasteiger partial charge in [0, 0.05) is 13.3 Å². The molecule has 2 N–H and O–H groups in total. The number of carbonyl (C=O) groups is 2. The first kappa shape index (κ1) is 31.3. The van der Waals surface area contributed by atoms with Crippen LogP contribution in [0.5, 0.6) is 0 Å². The molecule has 0 aliphatic carbocycles. The van der Waals surface area contributed by atoms with Crippen LogP contribution in [-0.4, -0.2) is 53.3 Å². The van der Waals surface area contributed by atoms with Gasteiger partial charge in [0.05, 0.1) is 18.8 Å². The molecule has 1 aliphatic rings. The van der Waals surface area contributed by atoms with Crippen LogP contribution in [0.15, 0.2) is 36.5 Å². The lowest BCUT2D eigenvalue weighted by atomic mass is 10.1. The molecule has 10 heteroatoms. The summed E-state index contributed by atoms with van der Waals surface area (Å²) in [6.45, 7) is 2.48. The Balaban J connectivity index is 2.09. The third-order valence-corrected chi connectivity index (χ3v) is 5.63. The molecular weight excluding hydrogens is 475 g/mol. The van der Waals surface area contributed by atoms with Gasteiger partial charge in [-0.2, -0.15) is 0 Å². The number of ether oxygens (including phenoxy) is 3. The third-order valence-electron chi connectivity index (χ3n) is 5.14. The van der Waals surface area contributed by atoms with Gasteiger partial charge in [-0.1, -0.05) is 62.6 Å². The molecule has 1 aliphatic heterocycles. The number of esters is 2. The summed E-state index contributed by atoms with van der Waals surface area (Å²) in [4.78, 5) is 40.4. The van der Waals surface area contributed by atoms with E-state index in [1.807, 2.05) is 12.2 Å². The summed E-state index contributed by atoms with van der Waals surface area (Å²) in [5, 5.41) is 0. The van der Waals surface area contributed by atoms with Crippen LogP contribution >= 0.6 is 7.82 Å². The van der Waals surface area contributed by atoms with Gasteiger partial charge in [0.1, 0.15) is 6.61 Å². The van der Waals surface area contributed by atoms with Gasteiger partial charge in [-0.05, 0) is 38.5 Å². The maximum absolute atomic E-state index is 11.9. The summed E-state index contributed by atoms with van der Waals surface area (Å²) in [7, 11) is -4.72. The second-order valence-corrected chi connectivity index (χ2v) is 9.66. The van der Waals surface area contributed by atoms with Crippen LogP contribution in [-0.2, 0) is 32.9 Å². The molecule has 1 saturated heterocycles. The minimum atomic E-state index is -4.72. The van der Waals surface area contributed by atoms with Gasteiger partial charge in [-0.3, -0.25) is 14.1 Å². The Bertz CT molecular complexity index is 741. The second kappa shape index (κ2) is 18.5. The second-order valence-electron chi connectivity index (χ2n) is 8.42. The average Bonchev–Trinajstić information content (AvgIpc) is 3.53. The van der Waals surface area contributed by atoms with Crippen LogP contribution in [0.2, 0.25) is 0 Å². The Morgan fingerprint density at radius 3 is 2.31 bits per heavy atom. The minimum Gasteiger partial charge on any atom is -0.462 e. The maximum Gasteiger partial charge on any atom is 0.469 e. The van der Waals surface area contributed by atoms with E-state index in [1.165, 1.54) is 32.6 Å². The van der Waals surface area contributed by atoms with Crippen molar-refractivity contribution in [2.75, 3.05) is 13.2 Å². The molecule has 0 amide bonds. The van der Waals surface area contributed by atoms with E-state index in [0.29, 0.717) is 25.0 Å². The van der Waals surface area contributed by atoms with Crippen molar-refractivity contribution >= 4 is 19.8 Å². The zero-order valence-corrected chi connectivity index (χ0v) is 21.8. The number of rotatable bonds is 20. The van der Waals surface area contributed by atoms with Gasteiger partial charge in [0.2, 0.25) is 0 Å². The molecule has 0 saturated carbocycles. The molecule has 35 heavy (non-hydrogen) atoms. The summed E-state index contributed by atoms with van der Waals surface area (Å²) < 4.78 is 30.7. The van der Waals surface area contributed by atoms with Crippen molar-refractivity contribution in [1.82, 2.24) is 0 Å². The van der Waals surface area contributed by atoms with E-state index in [0.717, 1.165) is 19.3 Å². The number of phosphoric acid groups is 1. The van der Waals surface area contributed by atoms with Gasteiger partial charge in [-0.15, -0.1) is 0 Å². The summed E-state index contributed by atoms with van der Waals surface area (Å²) in [5.41, 5.74) is 0. The van der Waals surface area contributed by atoms with Crippen molar-refractivity contribution in [1.29, 1.82) is 0 Å². The van der Waals surface area contributed by atoms with E-state index in [9.17, 15) is 14.2 Å². The number of unbranched alkanes of at least 4 members (excludes halogenated alkanes) is 3. The molecule has 0 aromatic heterocycles. The fraction of sp³-hybridized carbons (Fsp3) is 0.680. The molecule has 3 atom stereocenters. The summed E-state index contributed by atoms with van der Waals surface area (Å²) in [6, 6.07) is 0. The van der Waals surface area contributed by atoms with Crippen molar-refractivity contribution in [3.63, 3.8) is 0 Å². The van der Waals surface area contributed by atoms with Crippen molar-refractivity contribution in [2.45, 2.75) is 96.4 Å². The van der Waals surface area contributed by atoms with Crippen molar-refractivity contribution in [3.8, 4) is 0 Å². The van der Waals surface area contributed by atoms with Crippen molar-refractivity contribution < 1.29 is 42.7 Å². The molecule has 0 aromatic rings. The van der Waals surface area contributed by atoms with Crippen LogP contribution in [0.25, 0.3) is 0 Å². The predicted molar refractivity (Wildman–Crippen MR) is 132 cm³/mol. The number of carbonyl (C=O) groups excluding carboxylic acids is 2. The Hall–Kier alpha value is -1.77. The molecule has 0 radical (unpaired) electrons. The molecule has 1 rings (SSSR count). The van der Waals surface area contributed by atoms with Gasteiger partial charge in [0.15, 0.2) is 6.10 Å². The number of allylic oxidation sites excluding steroid dienone is 5. The third kappa shape index (κ3) is 19.1. The molecule has 0 aromatic carbocycles. The number of hydrogen-bond acceptors (Lipinski definition) is 7. The summed E-state index contributed by atoms with van der Waals surface area (Å²) in [5.74, 6) is -1.16. The Morgan fingerprint density at radius 2 is 1.66 bits per heavy atom. The average molecular weight is 517 g/mol. The molecule has 1 heterocycles. The van der Waals surface area contributed by atoms with E-state index >= 15 is 0 Å². The Labute approximate surface area is 208 Å². The number of hydrogen-bond donors (Lipinski definition) is 2. The van der Waals surface area contributed by atoms with Gasteiger partial charge in [0.25, 0.3) is 0 Å². The van der Waals surface area contributed by atoms with Crippen LogP contribution in [0, 0.1) is 0 Å². The van der Waals surface area contributed by atoms with Crippen LogP contribution in [0.3, 0.4) is 0 Å². The Kier molecular flexibility index (Phi) is 16.5. The van der Waals surface area contributed by atoms with Crippen LogP contribution in [0.1, 0.15) is 78.1 Å². The fourth-order valence-corrected chi connectivity index (χ4v) is 3.60. The molecular formula is C25H41O9P. The smallest absolute Gasteiger partial charge is 0.462 e. The normalized spacial score (nSPS) is 19.0. The zero-order chi connectivity index (χ0) is 25.9. The summed E-state index contributed by atoms with van der Waals surface area (Å²) >= 11 is 0. The highest BCUT2D eigenvalue weighted by molar-refractivity contribution is 7.46. The molecule has 2 unspecified atom stereocenters. The molecule has 200 valence electrons. The monoisotopic (exact) mass is 516 g/mol. The number of phosphoric ester groups is 1. The highest BCUT2D eigenvalue weighted by atomic mass is 31.2. The van der Waals surface area contributed by atoms with E-state index in [2.05, 4.69) is 35.8 Å². The topological polar surface area (TPSA) is 132 Å². The zero-order valence-electron chi connectivity index (χ0n) is 20.9. The van der Waals surface area contributed by atoms with E-state index in [-0.39, 0.29) is 13.0 Å². The van der Waals surface area contributed by atoms with E-state index in [4.69, 9.17) is 24.0 Å². The minimum absolute atomic E-state index is 0.127. The van der Waals surface area contributed by atoms with Crippen LogP contribution in [0.4, 0.5) is 0 Å².